The third kappa shape index (κ3) is 4.79. The molecular formula is C29H34N4O5. The maximum atomic E-state index is 13.5. The number of imidazole rings is 1. The third-order valence-electron chi connectivity index (χ3n) is 7.28. The molecule has 0 aliphatic carbocycles. The Morgan fingerprint density at radius 3 is 2.53 bits per heavy atom. The number of ether oxygens (including phenoxy) is 2. The van der Waals surface area contributed by atoms with Gasteiger partial charge in [-0.25, -0.2) is 4.98 Å². The number of ketones is 1. The summed E-state index contributed by atoms with van der Waals surface area (Å²) in [4.78, 5) is 35.3. The summed E-state index contributed by atoms with van der Waals surface area (Å²) in [6, 6.07) is 10.5. The van der Waals surface area contributed by atoms with Crippen LogP contribution in [0.15, 0.2) is 48.2 Å². The summed E-state index contributed by atoms with van der Waals surface area (Å²) in [6.45, 7) is 10.2. The van der Waals surface area contributed by atoms with Gasteiger partial charge in [0.05, 0.1) is 37.1 Å². The standard InChI is InChI=1S/C29H34N4O5/c1-4-16-38-22-9-7-21(8-10-22)25-23(26(34)24-20(3)32-11-5-6-19(2)28(32)30-24)27(35)29(36)33(25)13-12-31-14-17-37-18-15-31/h5-11,25,34H,4,12-18H2,1-3H3/b26-23+. The van der Waals surface area contributed by atoms with E-state index in [1.807, 2.05) is 67.8 Å². The van der Waals surface area contributed by atoms with Crippen molar-refractivity contribution in [2.75, 3.05) is 46.0 Å². The van der Waals surface area contributed by atoms with Gasteiger partial charge in [-0.2, -0.15) is 0 Å². The average molecular weight is 519 g/mol. The minimum Gasteiger partial charge on any atom is -0.505 e. The van der Waals surface area contributed by atoms with E-state index in [4.69, 9.17) is 9.47 Å². The molecule has 200 valence electrons. The summed E-state index contributed by atoms with van der Waals surface area (Å²) in [7, 11) is 0. The molecule has 2 aliphatic heterocycles. The second-order valence-corrected chi connectivity index (χ2v) is 9.79. The Hall–Kier alpha value is -3.69. The Morgan fingerprint density at radius 2 is 1.84 bits per heavy atom. The van der Waals surface area contributed by atoms with Crippen molar-refractivity contribution in [1.82, 2.24) is 19.2 Å². The van der Waals surface area contributed by atoms with Crippen LogP contribution in [0.4, 0.5) is 0 Å². The van der Waals surface area contributed by atoms with Gasteiger partial charge in [-0.1, -0.05) is 25.1 Å². The van der Waals surface area contributed by atoms with E-state index in [9.17, 15) is 14.7 Å². The number of aliphatic hydroxyl groups excluding tert-OH is 1. The van der Waals surface area contributed by atoms with Crippen molar-refractivity contribution in [3.05, 3.63) is 70.7 Å². The molecule has 0 radical (unpaired) electrons. The van der Waals surface area contributed by atoms with E-state index in [1.165, 1.54) is 0 Å². The minimum absolute atomic E-state index is 0.0587. The number of carbonyl (C=O) groups is 2. The van der Waals surface area contributed by atoms with E-state index in [0.29, 0.717) is 55.7 Å². The van der Waals surface area contributed by atoms with Gasteiger partial charge in [0.25, 0.3) is 11.7 Å². The zero-order valence-electron chi connectivity index (χ0n) is 22.1. The molecule has 1 aromatic carbocycles. The Kier molecular flexibility index (Phi) is 7.49. The number of aromatic nitrogens is 2. The van der Waals surface area contributed by atoms with Gasteiger partial charge >= 0.3 is 0 Å². The number of aryl methyl sites for hydroxylation is 2. The molecule has 5 rings (SSSR count). The van der Waals surface area contributed by atoms with E-state index in [1.54, 1.807) is 4.90 Å². The molecule has 0 saturated carbocycles. The Balaban J connectivity index is 1.57. The Bertz CT molecular complexity index is 1370. The lowest BCUT2D eigenvalue weighted by Crippen LogP contribution is -2.42. The zero-order valence-corrected chi connectivity index (χ0v) is 22.1. The first-order valence-electron chi connectivity index (χ1n) is 13.2. The fraction of sp³-hybridized carbons (Fsp3) is 0.414. The molecular weight excluding hydrogens is 484 g/mol. The monoisotopic (exact) mass is 518 g/mol. The molecule has 1 N–H and O–H groups in total. The molecule has 9 nitrogen and oxygen atoms in total. The highest BCUT2D eigenvalue weighted by Gasteiger charge is 2.46. The predicted octanol–water partition coefficient (Wildman–Crippen LogP) is 3.49. The van der Waals surface area contributed by atoms with Crippen LogP contribution in [0.2, 0.25) is 0 Å². The van der Waals surface area contributed by atoms with Gasteiger partial charge in [0.1, 0.15) is 17.1 Å². The summed E-state index contributed by atoms with van der Waals surface area (Å²) in [5.74, 6) is -0.857. The molecule has 2 aromatic heterocycles. The number of nitrogens with zero attached hydrogens (tertiary/aromatic N) is 4. The SMILES string of the molecule is CCCOc1ccc(C2/C(=C(\O)c3nc4c(C)cccn4c3C)C(=O)C(=O)N2CCN2CCOCC2)cc1. The molecule has 2 aliphatic rings. The molecule has 3 aromatic rings. The van der Waals surface area contributed by atoms with Gasteiger partial charge < -0.3 is 23.9 Å². The number of morpholine rings is 1. The number of aliphatic hydroxyl groups is 1. The van der Waals surface area contributed by atoms with Crippen molar-refractivity contribution >= 4 is 23.1 Å². The summed E-state index contributed by atoms with van der Waals surface area (Å²) in [5, 5.41) is 11.6. The van der Waals surface area contributed by atoms with Crippen molar-refractivity contribution in [1.29, 1.82) is 0 Å². The molecule has 2 saturated heterocycles. The van der Waals surface area contributed by atoms with Crippen molar-refractivity contribution in [2.45, 2.75) is 33.2 Å². The first-order valence-corrected chi connectivity index (χ1v) is 13.2. The minimum atomic E-state index is -0.735. The number of Topliss-reactive ketones (excluding diaryl/α,β-unsaturated/α-hetero) is 1. The van der Waals surface area contributed by atoms with Crippen LogP contribution in [0.1, 0.15) is 41.9 Å². The summed E-state index contributed by atoms with van der Waals surface area (Å²) < 4.78 is 13.1. The van der Waals surface area contributed by atoms with E-state index in [0.717, 1.165) is 30.6 Å². The number of pyridine rings is 1. The van der Waals surface area contributed by atoms with Crippen LogP contribution in [-0.4, -0.2) is 82.0 Å². The lowest BCUT2D eigenvalue weighted by Gasteiger charge is -2.31. The summed E-state index contributed by atoms with van der Waals surface area (Å²) in [6.07, 6.45) is 2.76. The van der Waals surface area contributed by atoms with Crippen LogP contribution in [0.25, 0.3) is 11.4 Å². The quantitative estimate of drug-likeness (QED) is 0.277. The maximum absolute atomic E-state index is 13.5. The number of benzene rings is 1. The first-order chi connectivity index (χ1) is 18.4. The largest absolute Gasteiger partial charge is 0.505 e. The van der Waals surface area contributed by atoms with Crippen molar-refractivity contribution < 1.29 is 24.2 Å². The fourth-order valence-corrected chi connectivity index (χ4v) is 5.17. The molecule has 1 amide bonds. The number of fused-ring (bicyclic) bond motifs is 1. The van der Waals surface area contributed by atoms with Gasteiger partial charge in [0.2, 0.25) is 0 Å². The summed E-state index contributed by atoms with van der Waals surface area (Å²) in [5.41, 5.74) is 3.43. The normalized spacial score (nSPS) is 20.0. The number of carbonyl (C=O) groups excluding carboxylic acids is 2. The third-order valence-corrected chi connectivity index (χ3v) is 7.28. The lowest BCUT2D eigenvalue weighted by molar-refractivity contribution is -0.140. The predicted molar refractivity (Wildman–Crippen MR) is 143 cm³/mol. The molecule has 38 heavy (non-hydrogen) atoms. The van der Waals surface area contributed by atoms with E-state index >= 15 is 0 Å². The van der Waals surface area contributed by atoms with E-state index in [2.05, 4.69) is 9.88 Å². The Labute approximate surface area is 222 Å². The number of hydrogen-bond donors (Lipinski definition) is 1. The van der Waals surface area contributed by atoms with Gasteiger partial charge in [-0.15, -0.1) is 0 Å². The topological polar surface area (TPSA) is 96.6 Å². The van der Waals surface area contributed by atoms with Crippen LogP contribution in [0, 0.1) is 13.8 Å². The maximum Gasteiger partial charge on any atom is 0.295 e. The van der Waals surface area contributed by atoms with Crippen molar-refractivity contribution in [3.63, 3.8) is 0 Å². The van der Waals surface area contributed by atoms with Gasteiger partial charge in [0, 0.05) is 32.4 Å². The van der Waals surface area contributed by atoms with Gasteiger partial charge in [-0.3, -0.25) is 14.5 Å². The van der Waals surface area contributed by atoms with Crippen molar-refractivity contribution in [2.24, 2.45) is 0 Å². The zero-order chi connectivity index (χ0) is 26.8. The van der Waals surface area contributed by atoms with Crippen LogP contribution in [0.5, 0.6) is 5.75 Å². The lowest BCUT2D eigenvalue weighted by atomic mass is 9.96. The number of rotatable bonds is 8. The van der Waals surface area contributed by atoms with Crippen LogP contribution in [-0.2, 0) is 14.3 Å². The average Bonchev–Trinajstić information content (AvgIpc) is 3.41. The number of amides is 1. The van der Waals surface area contributed by atoms with Gasteiger partial charge in [0.15, 0.2) is 5.76 Å². The molecule has 1 atom stereocenters. The number of hydrogen-bond acceptors (Lipinski definition) is 7. The molecule has 2 fully saturated rings. The fourth-order valence-electron chi connectivity index (χ4n) is 5.17. The van der Waals surface area contributed by atoms with Crippen molar-refractivity contribution in [3.8, 4) is 5.75 Å². The molecule has 1 unspecified atom stereocenters. The second-order valence-electron chi connectivity index (χ2n) is 9.79. The van der Waals surface area contributed by atoms with Gasteiger partial charge in [-0.05, 0) is 49.6 Å². The van der Waals surface area contributed by atoms with E-state index < -0.39 is 17.7 Å². The van der Waals surface area contributed by atoms with Crippen LogP contribution in [0.3, 0.4) is 0 Å². The molecule has 9 heteroatoms. The Morgan fingerprint density at radius 1 is 1.11 bits per heavy atom. The molecule has 4 heterocycles. The smallest absolute Gasteiger partial charge is 0.295 e. The second kappa shape index (κ2) is 11.0. The van der Waals surface area contributed by atoms with Crippen LogP contribution >= 0.6 is 0 Å². The highest BCUT2D eigenvalue weighted by atomic mass is 16.5. The van der Waals surface area contributed by atoms with Crippen LogP contribution < -0.4 is 4.74 Å². The molecule has 0 bridgehead atoms. The highest BCUT2D eigenvalue weighted by molar-refractivity contribution is 6.46. The summed E-state index contributed by atoms with van der Waals surface area (Å²) >= 11 is 0. The first kappa shape index (κ1) is 25.9. The van der Waals surface area contributed by atoms with E-state index in [-0.39, 0.29) is 11.3 Å². The number of likely N-dealkylation sites (tertiary alicyclic amines) is 1. The highest BCUT2D eigenvalue weighted by Crippen LogP contribution is 2.40. The molecule has 0 spiro atoms.